The third-order valence-electron chi connectivity index (χ3n) is 3.26. The lowest BCUT2D eigenvalue weighted by Crippen LogP contribution is -2.12. The van der Waals surface area contributed by atoms with Crippen molar-refractivity contribution in [3.63, 3.8) is 0 Å². The predicted octanol–water partition coefficient (Wildman–Crippen LogP) is 2.45. The smallest absolute Gasteiger partial charge is 0.124 e. The van der Waals surface area contributed by atoms with Crippen LogP contribution in [0.25, 0.3) is 0 Å². The van der Waals surface area contributed by atoms with Crippen molar-refractivity contribution in [3.8, 4) is 5.75 Å². The van der Waals surface area contributed by atoms with Crippen molar-refractivity contribution in [1.82, 2.24) is 9.55 Å². The van der Waals surface area contributed by atoms with Crippen LogP contribution in [0.3, 0.4) is 0 Å². The maximum absolute atomic E-state index is 6.09. The summed E-state index contributed by atoms with van der Waals surface area (Å²) in [7, 11) is 1.99. The first-order valence-electron chi connectivity index (χ1n) is 6.66. The Morgan fingerprint density at radius 1 is 1.37 bits per heavy atom. The highest BCUT2D eigenvalue weighted by Crippen LogP contribution is 2.25. The maximum atomic E-state index is 6.09. The van der Waals surface area contributed by atoms with Gasteiger partial charge in [-0.2, -0.15) is 0 Å². The van der Waals surface area contributed by atoms with Gasteiger partial charge in [0.15, 0.2) is 0 Å². The van der Waals surface area contributed by atoms with Crippen LogP contribution in [-0.4, -0.2) is 16.2 Å². The van der Waals surface area contributed by atoms with Crippen LogP contribution in [0.1, 0.15) is 30.8 Å². The standard InChI is InChI=1S/C15H21N3O/c1-3-13(16)12-6-4-5-7-14(12)19-11-8-15-17-9-10-18(15)2/h4-7,9-10,13H,3,8,11,16H2,1-2H3. The largest absolute Gasteiger partial charge is 0.493 e. The Bertz CT molecular complexity index is 522. The van der Waals surface area contributed by atoms with Crippen LogP contribution < -0.4 is 10.5 Å². The highest BCUT2D eigenvalue weighted by molar-refractivity contribution is 5.35. The van der Waals surface area contributed by atoms with Crippen LogP contribution in [0.5, 0.6) is 5.75 Å². The summed E-state index contributed by atoms with van der Waals surface area (Å²) in [4.78, 5) is 4.28. The molecule has 0 bridgehead atoms. The molecule has 0 aliphatic carbocycles. The Balaban J connectivity index is 1.98. The van der Waals surface area contributed by atoms with Gasteiger partial charge in [-0.05, 0) is 12.5 Å². The van der Waals surface area contributed by atoms with E-state index in [-0.39, 0.29) is 6.04 Å². The molecule has 2 N–H and O–H groups in total. The average Bonchev–Trinajstić information content (AvgIpc) is 2.84. The van der Waals surface area contributed by atoms with E-state index in [9.17, 15) is 0 Å². The fraction of sp³-hybridized carbons (Fsp3) is 0.400. The number of hydrogen-bond acceptors (Lipinski definition) is 3. The molecule has 0 saturated carbocycles. The molecule has 1 aromatic heterocycles. The number of benzene rings is 1. The normalized spacial score (nSPS) is 12.4. The van der Waals surface area contributed by atoms with Gasteiger partial charge in [0.2, 0.25) is 0 Å². The first-order valence-corrected chi connectivity index (χ1v) is 6.66. The van der Waals surface area contributed by atoms with Gasteiger partial charge in [0.1, 0.15) is 11.6 Å². The Morgan fingerprint density at radius 3 is 2.84 bits per heavy atom. The number of nitrogens with two attached hydrogens (primary N) is 1. The molecule has 1 aromatic carbocycles. The summed E-state index contributed by atoms with van der Waals surface area (Å²) < 4.78 is 7.86. The molecule has 1 heterocycles. The lowest BCUT2D eigenvalue weighted by atomic mass is 10.0. The van der Waals surface area contributed by atoms with Crippen molar-refractivity contribution in [2.75, 3.05) is 6.61 Å². The molecule has 4 nitrogen and oxygen atoms in total. The highest BCUT2D eigenvalue weighted by Gasteiger charge is 2.10. The lowest BCUT2D eigenvalue weighted by molar-refractivity contribution is 0.312. The van der Waals surface area contributed by atoms with Gasteiger partial charge < -0.3 is 15.0 Å². The molecule has 2 aromatic rings. The molecule has 0 fully saturated rings. The van der Waals surface area contributed by atoms with Crippen molar-refractivity contribution in [2.24, 2.45) is 12.8 Å². The molecule has 4 heteroatoms. The summed E-state index contributed by atoms with van der Waals surface area (Å²) >= 11 is 0. The fourth-order valence-electron chi connectivity index (χ4n) is 2.03. The molecule has 0 aliphatic heterocycles. The number of ether oxygens (including phenoxy) is 1. The quantitative estimate of drug-likeness (QED) is 0.867. The van der Waals surface area contributed by atoms with E-state index in [1.807, 2.05) is 42.1 Å². The first-order chi connectivity index (χ1) is 9.22. The van der Waals surface area contributed by atoms with Crippen LogP contribution in [0.15, 0.2) is 36.7 Å². The molecule has 0 saturated heterocycles. The Morgan fingerprint density at radius 2 is 2.16 bits per heavy atom. The van der Waals surface area contributed by atoms with E-state index in [2.05, 4.69) is 11.9 Å². The highest BCUT2D eigenvalue weighted by atomic mass is 16.5. The molecular formula is C15H21N3O. The second-order valence-corrected chi connectivity index (χ2v) is 4.61. The lowest BCUT2D eigenvalue weighted by Gasteiger charge is -2.15. The van der Waals surface area contributed by atoms with Crippen LogP contribution in [0, 0.1) is 0 Å². The zero-order valence-electron chi connectivity index (χ0n) is 11.5. The van der Waals surface area contributed by atoms with Crippen molar-refractivity contribution >= 4 is 0 Å². The number of aromatic nitrogens is 2. The van der Waals surface area contributed by atoms with E-state index < -0.39 is 0 Å². The summed E-state index contributed by atoms with van der Waals surface area (Å²) in [5.41, 5.74) is 7.16. The summed E-state index contributed by atoms with van der Waals surface area (Å²) in [6, 6.07) is 8.01. The van der Waals surface area contributed by atoms with Gasteiger partial charge in [-0.15, -0.1) is 0 Å². The molecule has 19 heavy (non-hydrogen) atoms. The van der Waals surface area contributed by atoms with Gasteiger partial charge in [0.05, 0.1) is 6.61 Å². The second kappa shape index (κ2) is 6.38. The number of para-hydroxylation sites is 1. The third-order valence-corrected chi connectivity index (χ3v) is 3.26. The monoisotopic (exact) mass is 259 g/mol. The number of aryl methyl sites for hydroxylation is 1. The van der Waals surface area contributed by atoms with Crippen LogP contribution in [0.2, 0.25) is 0 Å². The van der Waals surface area contributed by atoms with Gasteiger partial charge in [-0.3, -0.25) is 0 Å². The topological polar surface area (TPSA) is 53.1 Å². The van der Waals surface area contributed by atoms with Gasteiger partial charge in [-0.1, -0.05) is 25.1 Å². The molecule has 1 unspecified atom stereocenters. The summed E-state index contributed by atoms with van der Waals surface area (Å²) in [6.07, 6.45) is 5.44. The van der Waals surface area contributed by atoms with E-state index >= 15 is 0 Å². The van der Waals surface area contributed by atoms with E-state index in [4.69, 9.17) is 10.5 Å². The zero-order chi connectivity index (χ0) is 13.7. The zero-order valence-corrected chi connectivity index (χ0v) is 11.5. The van der Waals surface area contributed by atoms with E-state index in [1.54, 1.807) is 6.20 Å². The Labute approximate surface area is 114 Å². The van der Waals surface area contributed by atoms with Crippen molar-refractivity contribution in [1.29, 1.82) is 0 Å². The molecule has 0 radical (unpaired) electrons. The Hall–Kier alpha value is -1.81. The number of rotatable bonds is 6. The van der Waals surface area contributed by atoms with Gasteiger partial charge in [-0.25, -0.2) is 4.98 Å². The molecule has 2 rings (SSSR count). The number of nitrogens with zero attached hydrogens (tertiary/aromatic N) is 2. The molecule has 1 atom stereocenters. The summed E-state index contributed by atoms with van der Waals surface area (Å²) in [5.74, 6) is 1.91. The number of imidazole rings is 1. The number of hydrogen-bond donors (Lipinski definition) is 1. The Kier molecular flexibility index (Phi) is 4.58. The fourth-order valence-corrected chi connectivity index (χ4v) is 2.03. The average molecular weight is 259 g/mol. The van der Waals surface area contributed by atoms with Crippen LogP contribution >= 0.6 is 0 Å². The van der Waals surface area contributed by atoms with Gasteiger partial charge in [0, 0.05) is 37.5 Å². The molecule has 0 amide bonds. The third kappa shape index (κ3) is 3.35. The van der Waals surface area contributed by atoms with Gasteiger partial charge >= 0.3 is 0 Å². The second-order valence-electron chi connectivity index (χ2n) is 4.61. The van der Waals surface area contributed by atoms with Crippen molar-refractivity contribution < 1.29 is 4.74 Å². The molecule has 102 valence electrons. The predicted molar refractivity (Wildman–Crippen MR) is 76.1 cm³/mol. The summed E-state index contributed by atoms with van der Waals surface area (Å²) in [5, 5.41) is 0. The maximum Gasteiger partial charge on any atom is 0.124 e. The molecule has 0 spiro atoms. The van der Waals surface area contributed by atoms with E-state index in [0.29, 0.717) is 6.61 Å². The SMILES string of the molecule is CCC(N)c1ccccc1OCCc1nccn1C. The first kappa shape index (κ1) is 13.6. The van der Waals surface area contributed by atoms with Crippen LogP contribution in [0.4, 0.5) is 0 Å². The summed E-state index contributed by atoms with van der Waals surface area (Å²) in [6.45, 7) is 2.69. The van der Waals surface area contributed by atoms with E-state index in [1.165, 1.54) is 0 Å². The minimum Gasteiger partial charge on any atom is -0.493 e. The van der Waals surface area contributed by atoms with Crippen molar-refractivity contribution in [2.45, 2.75) is 25.8 Å². The van der Waals surface area contributed by atoms with E-state index in [0.717, 1.165) is 30.0 Å². The van der Waals surface area contributed by atoms with Gasteiger partial charge in [0.25, 0.3) is 0 Å². The minimum atomic E-state index is 0.0318. The van der Waals surface area contributed by atoms with Crippen LogP contribution in [-0.2, 0) is 13.5 Å². The molecule has 0 aliphatic rings. The minimum absolute atomic E-state index is 0.0318. The molecular weight excluding hydrogens is 238 g/mol. The van der Waals surface area contributed by atoms with Crippen molar-refractivity contribution in [3.05, 3.63) is 48.0 Å².